The van der Waals surface area contributed by atoms with Crippen LogP contribution >= 0.6 is 0 Å². The van der Waals surface area contributed by atoms with Crippen LogP contribution in [0, 0.1) is 18.6 Å². The molecular formula is C23H25F2N5O2. The van der Waals surface area contributed by atoms with Crippen LogP contribution in [0.25, 0.3) is 0 Å². The summed E-state index contributed by atoms with van der Waals surface area (Å²) in [7, 11) is 0. The van der Waals surface area contributed by atoms with Crippen LogP contribution in [0.4, 0.5) is 8.78 Å². The Morgan fingerprint density at radius 1 is 1.25 bits per heavy atom. The first-order chi connectivity index (χ1) is 15.4. The summed E-state index contributed by atoms with van der Waals surface area (Å²) in [6.07, 6.45) is 0.313. The summed E-state index contributed by atoms with van der Waals surface area (Å²) in [6.45, 7) is 6.30. The predicted octanol–water partition coefficient (Wildman–Crippen LogP) is 3.58. The number of halogens is 2. The maximum atomic E-state index is 13.9. The molecule has 0 aromatic heterocycles. The van der Waals surface area contributed by atoms with Crippen LogP contribution in [-0.2, 0) is 4.74 Å². The Balaban J connectivity index is 1.78. The van der Waals surface area contributed by atoms with Crippen LogP contribution in [-0.4, -0.2) is 42.7 Å². The van der Waals surface area contributed by atoms with Gasteiger partial charge in [0.25, 0.3) is 5.91 Å². The number of guanidine groups is 1. The first-order valence-electron chi connectivity index (χ1n) is 10.2. The van der Waals surface area contributed by atoms with Crippen LogP contribution in [0.15, 0.2) is 57.6 Å². The fourth-order valence-corrected chi connectivity index (χ4v) is 2.90. The number of hydrogen-bond acceptors (Lipinski definition) is 4. The number of hydrogen-bond donors (Lipinski definition) is 2. The molecule has 0 spiro atoms. The number of benzene rings is 2. The van der Waals surface area contributed by atoms with Gasteiger partial charge in [-0.05, 0) is 56.7 Å². The molecule has 168 valence electrons. The number of rotatable bonds is 6. The highest BCUT2D eigenvalue weighted by Gasteiger charge is 2.18. The largest absolute Gasteiger partial charge is 0.380 e. The summed E-state index contributed by atoms with van der Waals surface area (Å²) in [5, 5.41) is 6.87. The molecule has 0 unspecified atom stereocenters. The van der Waals surface area contributed by atoms with Gasteiger partial charge in [-0.25, -0.2) is 13.8 Å². The van der Waals surface area contributed by atoms with Crippen molar-refractivity contribution in [3.05, 3.63) is 70.8 Å². The fraction of sp³-hybridized carbons (Fsp3) is 0.304. The molecule has 1 amide bonds. The van der Waals surface area contributed by atoms with Crippen LogP contribution in [0.2, 0.25) is 0 Å². The first kappa shape index (κ1) is 23.2. The van der Waals surface area contributed by atoms with Crippen molar-refractivity contribution in [1.82, 2.24) is 10.7 Å². The molecule has 1 aliphatic heterocycles. The molecule has 32 heavy (non-hydrogen) atoms. The monoisotopic (exact) mass is 441 g/mol. The number of carbonyl (C=O) groups excluding carboxylic acids is 1. The molecule has 0 radical (unpaired) electrons. The second kappa shape index (κ2) is 10.7. The summed E-state index contributed by atoms with van der Waals surface area (Å²) >= 11 is 0. The van der Waals surface area contributed by atoms with Gasteiger partial charge in [-0.2, -0.15) is 10.1 Å². The van der Waals surface area contributed by atoms with Gasteiger partial charge in [-0.3, -0.25) is 15.5 Å². The van der Waals surface area contributed by atoms with E-state index in [1.165, 1.54) is 30.3 Å². The Kier molecular flexibility index (Phi) is 7.77. The molecule has 2 aromatic rings. The topological polar surface area (TPSA) is 87.4 Å². The van der Waals surface area contributed by atoms with Crippen LogP contribution < -0.4 is 10.7 Å². The third kappa shape index (κ3) is 6.27. The Morgan fingerprint density at radius 3 is 2.69 bits per heavy atom. The highest BCUT2D eigenvalue weighted by molar-refractivity contribution is 6.18. The number of amidine groups is 1. The summed E-state index contributed by atoms with van der Waals surface area (Å²) in [6, 6.07) is 9.79. The van der Waals surface area contributed by atoms with E-state index in [1.54, 1.807) is 19.1 Å². The number of nitrogens with zero attached hydrogens (tertiary/aromatic N) is 3. The van der Waals surface area contributed by atoms with Crippen LogP contribution in [0.1, 0.15) is 41.8 Å². The molecule has 0 aliphatic carbocycles. The van der Waals surface area contributed by atoms with Crippen molar-refractivity contribution >= 4 is 23.4 Å². The molecule has 0 fully saturated rings. The second-order valence-corrected chi connectivity index (χ2v) is 7.29. The zero-order valence-electron chi connectivity index (χ0n) is 18.2. The molecule has 0 saturated carbocycles. The lowest BCUT2D eigenvalue weighted by Crippen LogP contribution is -2.32. The number of carbonyl (C=O) groups is 1. The lowest BCUT2D eigenvalue weighted by atomic mass is 10.1. The smallest absolute Gasteiger partial charge is 0.258 e. The van der Waals surface area contributed by atoms with Gasteiger partial charge in [0, 0.05) is 17.7 Å². The molecule has 1 atom stereocenters. The van der Waals surface area contributed by atoms with Crippen molar-refractivity contribution in [3.63, 3.8) is 0 Å². The normalized spacial score (nSPS) is 16.0. The number of hydrazone groups is 1. The zero-order chi connectivity index (χ0) is 23.1. The van der Waals surface area contributed by atoms with Gasteiger partial charge in [0.1, 0.15) is 17.5 Å². The first-order valence-corrected chi connectivity index (χ1v) is 10.2. The number of ether oxygens (including phenoxy) is 1. The van der Waals surface area contributed by atoms with E-state index in [9.17, 15) is 13.6 Å². The third-order valence-corrected chi connectivity index (χ3v) is 4.64. The van der Waals surface area contributed by atoms with Crippen molar-refractivity contribution in [1.29, 1.82) is 0 Å². The quantitative estimate of drug-likeness (QED) is 0.531. The highest BCUT2D eigenvalue weighted by atomic mass is 19.1. The van der Waals surface area contributed by atoms with Crippen molar-refractivity contribution in [2.45, 2.75) is 33.2 Å². The maximum Gasteiger partial charge on any atom is 0.258 e. The fourth-order valence-electron chi connectivity index (χ4n) is 2.90. The average Bonchev–Trinajstić information content (AvgIpc) is 3.23. The Morgan fingerprint density at radius 2 is 2.00 bits per heavy atom. The van der Waals surface area contributed by atoms with Gasteiger partial charge in [-0.15, -0.1) is 0 Å². The second-order valence-electron chi connectivity index (χ2n) is 7.29. The van der Waals surface area contributed by atoms with Crippen molar-refractivity contribution < 1.29 is 18.3 Å². The standard InChI is InChI=1S/C23H25F2N5O2/c1-4-32-13-15(3)26-23(28-22(31)16-7-9-18(24)10-8-16)27-21-12-20(29-30-21)17-6-5-14(2)19(25)11-17/h5-11,15H,4,12-13H2,1-3H3,(H2,26,27,28,30,31)/t15-/m0/s1. The van der Waals surface area contributed by atoms with Gasteiger partial charge >= 0.3 is 0 Å². The van der Waals surface area contributed by atoms with E-state index in [-0.39, 0.29) is 23.4 Å². The van der Waals surface area contributed by atoms with Gasteiger partial charge in [0.15, 0.2) is 0 Å². The summed E-state index contributed by atoms with van der Waals surface area (Å²) in [4.78, 5) is 21.4. The summed E-state index contributed by atoms with van der Waals surface area (Å²) < 4.78 is 32.4. The lowest BCUT2D eigenvalue weighted by molar-refractivity contribution is 0.0976. The van der Waals surface area contributed by atoms with Crippen molar-refractivity contribution in [3.8, 4) is 0 Å². The minimum absolute atomic E-state index is 0.0700. The van der Waals surface area contributed by atoms with E-state index in [4.69, 9.17) is 4.74 Å². The van der Waals surface area contributed by atoms with E-state index >= 15 is 0 Å². The van der Waals surface area contributed by atoms with E-state index in [0.29, 0.717) is 42.3 Å². The van der Waals surface area contributed by atoms with E-state index < -0.39 is 11.7 Å². The number of aliphatic imine (C=N–C) groups is 2. The lowest BCUT2D eigenvalue weighted by Gasteiger charge is -2.10. The molecule has 2 N–H and O–H groups in total. The van der Waals surface area contributed by atoms with Gasteiger partial charge in [0.2, 0.25) is 5.96 Å². The molecule has 2 aromatic carbocycles. The van der Waals surface area contributed by atoms with E-state index in [2.05, 4.69) is 25.8 Å². The van der Waals surface area contributed by atoms with Gasteiger partial charge < -0.3 is 4.74 Å². The molecule has 7 nitrogen and oxygen atoms in total. The van der Waals surface area contributed by atoms with E-state index in [0.717, 1.165) is 0 Å². The molecule has 1 aliphatic rings. The predicted molar refractivity (Wildman–Crippen MR) is 120 cm³/mol. The molecular weight excluding hydrogens is 416 g/mol. The minimum atomic E-state index is -0.476. The molecule has 1 heterocycles. The summed E-state index contributed by atoms with van der Waals surface area (Å²) in [5.74, 6) is -0.706. The van der Waals surface area contributed by atoms with Crippen LogP contribution in [0.3, 0.4) is 0 Å². The Labute approximate surface area is 185 Å². The third-order valence-electron chi connectivity index (χ3n) is 4.64. The summed E-state index contributed by atoms with van der Waals surface area (Å²) in [5.41, 5.74) is 4.89. The van der Waals surface area contributed by atoms with Gasteiger partial charge in [0.05, 0.1) is 24.8 Å². The maximum absolute atomic E-state index is 13.9. The molecule has 0 saturated heterocycles. The van der Waals surface area contributed by atoms with Gasteiger partial charge in [-0.1, -0.05) is 12.1 Å². The SMILES string of the molecule is CCOC[C@H](C)N=C(N=C1CC(c2ccc(C)c(F)c2)=NN1)NC(=O)c1ccc(F)cc1. The molecule has 9 heteroatoms. The van der Waals surface area contributed by atoms with Crippen LogP contribution in [0.5, 0.6) is 0 Å². The average molecular weight is 441 g/mol. The highest BCUT2D eigenvalue weighted by Crippen LogP contribution is 2.14. The zero-order valence-corrected chi connectivity index (χ0v) is 18.2. The van der Waals surface area contributed by atoms with Crippen molar-refractivity contribution in [2.75, 3.05) is 13.2 Å². The van der Waals surface area contributed by atoms with Crippen molar-refractivity contribution in [2.24, 2.45) is 15.1 Å². The number of nitrogens with one attached hydrogen (secondary N) is 2. The Bertz CT molecular complexity index is 1060. The van der Waals surface area contributed by atoms with E-state index in [1.807, 2.05) is 13.8 Å². The minimum Gasteiger partial charge on any atom is -0.380 e. The molecule has 3 rings (SSSR count). The number of amides is 1. The number of aryl methyl sites for hydroxylation is 1. The molecule has 0 bridgehead atoms. The Hall–Kier alpha value is -3.46.